The van der Waals surface area contributed by atoms with Gasteiger partial charge in [-0.3, -0.25) is 4.79 Å². The van der Waals surface area contributed by atoms with Crippen molar-refractivity contribution in [3.63, 3.8) is 0 Å². The Kier molecular flexibility index (Phi) is 7.49. The number of nitrogens with one attached hydrogen (secondary N) is 1. The van der Waals surface area contributed by atoms with Crippen molar-refractivity contribution in [1.29, 1.82) is 0 Å². The van der Waals surface area contributed by atoms with Gasteiger partial charge in [0.25, 0.3) is 5.91 Å². The van der Waals surface area contributed by atoms with E-state index in [0.717, 1.165) is 11.1 Å². The molecule has 4 aromatic carbocycles. The Balaban J connectivity index is 1.46. The fourth-order valence-electron chi connectivity index (χ4n) is 3.89. The topological polar surface area (TPSA) is 87.5 Å². The first-order valence-corrected chi connectivity index (χ1v) is 12.1. The zero-order valence-corrected chi connectivity index (χ0v) is 21.3. The average molecular weight is 525 g/mol. The Labute approximate surface area is 224 Å². The zero-order chi connectivity index (χ0) is 27.2. The van der Waals surface area contributed by atoms with E-state index < -0.39 is 0 Å². The molecule has 1 heterocycles. The lowest BCUT2D eigenvalue weighted by Gasteiger charge is -2.10. The molecule has 5 rings (SSSR count). The number of anilines is 1. The van der Waals surface area contributed by atoms with Gasteiger partial charge in [-0.2, -0.15) is 4.98 Å². The summed E-state index contributed by atoms with van der Waals surface area (Å²) in [7, 11) is 3.14. The van der Waals surface area contributed by atoms with Gasteiger partial charge in [0.2, 0.25) is 0 Å². The first kappa shape index (κ1) is 25.5. The monoisotopic (exact) mass is 524 g/mol. The van der Waals surface area contributed by atoms with E-state index >= 15 is 0 Å². The number of halogens is 1. The van der Waals surface area contributed by atoms with Gasteiger partial charge >= 0.3 is 6.01 Å². The summed E-state index contributed by atoms with van der Waals surface area (Å²) in [4.78, 5) is 17.5. The quantitative estimate of drug-likeness (QED) is 0.258. The van der Waals surface area contributed by atoms with E-state index in [1.54, 1.807) is 67.4 Å². The third kappa shape index (κ3) is 6.04. The van der Waals surface area contributed by atoms with E-state index in [2.05, 4.69) is 15.4 Å². The SMILES string of the molecule is COc1cccc(C(=O)Nc2cccc(-n3nc(OCc4ccc(F)cc4)nc3-c3cccc(OC)c3)c2)c1. The summed E-state index contributed by atoms with van der Waals surface area (Å²) in [6, 6.07) is 27.8. The summed E-state index contributed by atoms with van der Waals surface area (Å²) in [6.07, 6.45) is 0. The molecule has 0 aliphatic carbocycles. The second-order valence-electron chi connectivity index (χ2n) is 8.51. The lowest BCUT2D eigenvalue weighted by molar-refractivity contribution is 0.102. The van der Waals surface area contributed by atoms with Gasteiger partial charge in [0.1, 0.15) is 23.9 Å². The van der Waals surface area contributed by atoms with Gasteiger partial charge in [-0.1, -0.05) is 36.4 Å². The minimum atomic E-state index is -0.320. The summed E-state index contributed by atoms with van der Waals surface area (Å²) >= 11 is 0. The van der Waals surface area contributed by atoms with Crippen molar-refractivity contribution in [3.8, 4) is 34.6 Å². The Morgan fingerprint density at radius 2 is 1.59 bits per heavy atom. The Morgan fingerprint density at radius 1 is 0.872 bits per heavy atom. The summed E-state index contributed by atoms with van der Waals surface area (Å²) in [6.45, 7) is 0.165. The van der Waals surface area contributed by atoms with Gasteiger partial charge in [-0.25, -0.2) is 9.07 Å². The fraction of sp³-hybridized carbons (Fsp3) is 0.100. The predicted molar refractivity (Wildman–Crippen MR) is 145 cm³/mol. The highest BCUT2D eigenvalue weighted by molar-refractivity contribution is 6.04. The highest BCUT2D eigenvalue weighted by Gasteiger charge is 2.17. The molecule has 0 atom stereocenters. The van der Waals surface area contributed by atoms with Gasteiger partial charge in [0.15, 0.2) is 5.82 Å². The van der Waals surface area contributed by atoms with E-state index in [9.17, 15) is 9.18 Å². The van der Waals surface area contributed by atoms with Crippen LogP contribution in [0, 0.1) is 5.82 Å². The van der Waals surface area contributed by atoms with Gasteiger partial charge < -0.3 is 19.5 Å². The van der Waals surface area contributed by atoms with Crippen molar-refractivity contribution in [1.82, 2.24) is 14.8 Å². The number of aromatic nitrogens is 3. The standard InChI is InChI=1S/C30H25FN4O4/c1-37-26-10-3-6-21(16-26)28-33-30(39-19-20-12-14-23(31)15-13-20)34-35(28)25-9-5-8-24(18-25)32-29(36)22-7-4-11-27(17-22)38-2/h3-18H,19H2,1-2H3,(H,32,36). The highest BCUT2D eigenvalue weighted by atomic mass is 19.1. The number of amides is 1. The van der Waals surface area contributed by atoms with Gasteiger partial charge in [-0.05, 0) is 66.2 Å². The van der Waals surface area contributed by atoms with Crippen LogP contribution >= 0.6 is 0 Å². The maximum Gasteiger partial charge on any atom is 0.336 e. The second-order valence-corrected chi connectivity index (χ2v) is 8.51. The molecule has 1 N–H and O–H groups in total. The minimum Gasteiger partial charge on any atom is -0.497 e. The number of hydrogen-bond donors (Lipinski definition) is 1. The van der Waals surface area contributed by atoms with Crippen LogP contribution in [0.3, 0.4) is 0 Å². The summed E-state index contributed by atoms with van der Waals surface area (Å²) in [5.74, 6) is 1.17. The fourth-order valence-corrected chi connectivity index (χ4v) is 3.89. The van der Waals surface area contributed by atoms with Crippen LogP contribution in [0.2, 0.25) is 0 Å². The number of methoxy groups -OCH3 is 2. The van der Waals surface area contributed by atoms with Crippen molar-refractivity contribution >= 4 is 11.6 Å². The van der Waals surface area contributed by atoms with Crippen molar-refractivity contribution in [2.45, 2.75) is 6.61 Å². The maximum absolute atomic E-state index is 13.3. The van der Waals surface area contributed by atoms with Crippen molar-refractivity contribution in [2.75, 3.05) is 19.5 Å². The molecule has 5 aromatic rings. The number of ether oxygens (including phenoxy) is 3. The first-order valence-electron chi connectivity index (χ1n) is 12.1. The van der Waals surface area contributed by atoms with Crippen LogP contribution in [0.15, 0.2) is 97.1 Å². The molecular formula is C30H25FN4O4. The van der Waals surface area contributed by atoms with Crippen LogP contribution in [0.25, 0.3) is 17.1 Å². The number of carbonyl (C=O) groups excluding carboxylic acids is 1. The number of rotatable bonds is 9. The molecule has 0 saturated heterocycles. The Morgan fingerprint density at radius 3 is 2.36 bits per heavy atom. The molecular weight excluding hydrogens is 499 g/mol. The third-order valence-electron chi connectivity index (χ3n) is 5.88. The zero-order valence-electron chi connectivity index (χ0n) is 21.3. The van der Waals surface area contributed by atoms with Gasteiger partial charge in [0, 0.05) is 16.8 Å². The van der Waals surface area contributed by atoms with Crippen molar-refractivity contribution in [2.24, 2.45) is 0 Å². The predicted octanol–water partition coefficient (Wildman–Crippen LogP) is 5.92. The maximum atomic E-state index is 13.3. The Bertz CT molecular complexity index is 1600. The molecule has 0 fully saturated rings. The molecule has 196 valence electrons. The third-order valence-corrected chi connectivity index (χ3v) is 5.88. The number of hydrogen-bond acceptors (Lipinski definition) is 6. The number of nitrogens with zero attached hydrogens (tertiary/aromatic N) is 3. The summed E-state index contributed by atoms with van der Waals surface area (Å²) in [5, 5.41) is 7.50. The normalized spacial score (nSPS) is 10.6. The summed E-state index contributed by atoms with van der Waals surface area (Å²) < 4.78 is 31.4. The van der Waals surface area contributed by atoms with Crippen molar-refractivity contribution < 1.29 is 23.4 Å². The molecule has 1 amide bonds. The molecule has 1 aromatic heterocycles. The highest BCUT2D eigenvalue weighted by Crippen LogP contribution is 2.28. The molecule has 0 unspecified atom stereocenters. The molecule has 0 saturated carbocycles. The van der Waals surface area contributed by atoms with Crippen molar-refractivity contribution in [3.05, 3.63) is 114 Å². The average Bonchev–Trinajstić information content (AvgIpc) is 3.41. The van der Waals surface area contributed by atoms with Gasteiger partial charge in [-0.15, -0.1) is 5.10 Å². The van der Waals surface area contributed by atoms with Crippen LogP contribution in [-0.4, -0.2) is 34.9 Å². The molecule has 0 aliphatic rings. The van der Waals surface area contributed by atoms with Crippen LogP contribution in [0.5, 0.6) is 17.5 Å². The lowest BCUT2D eigenvalue weighted by atomic mass is 10.2. The van der Waals surface area contributed by atoms with Crippen LogP contribution in [-0.2, 0) is 6.61 Å². The number of carbonyl (C=O) groups is 1. The van der Waals surface area contributed by atoms with E-state index in [1.807, 2.05) is 36.4 Å². The van der Waals surface area contributed by atoms with Crippen LogP contribution in [0.1, 0.15) is 15.9 Å². The smallest absolute Gasteiger partial charge is 0.336 e. The molecule has 8 nitrogen and oxygen atoms in total. The molecule has 0 radical (unpaired) electrons. The molecule has 0 aliphatic heterocycles. The molecule has 39 heavy (non-hydrogen) atoms. The lowest BCUT2D eigenvalue weighted by Crippen LogP contribution is -2.12. The van der Waals surface area contributed by atoms with Crippen LogP contribution < -0.4 is 19.5 Å². The van der Waals surface area contributed by atoms with E-state index in [-0.39, 0.29) is 24.3 Å². The van der Waals surface area contributed by atoms with Crippen LogP contribution in [0.4, 0.5) is 10.1 Å². The van der Waals surface area contributed by atoms with E-state index in [1.165, 1.54) is 12.1 Å². The summed E-state index contributed by atoms with van der Waals surface area (Å²) in [5.41, 5.74) is 3.22. The number of benzene rings is 4. The largest absolute Gasteiger partial charge is 0.497 e. The second kappa shape index (κ2) is 11.5. The van der Waals surface area contributed by atoms with Gasteiger partial charge in [0.05, 0.1) is 19.9 Å². The molecule has 9 heteroatoms. The van der Waals surface area contributed by atoms with E-state index in [0.29, 0.717) is 34.3 Å². The molecule has 0 bridgehead atoms. The molecule has 0 spiro atoms. The Hall–Kier alpha value is -5.18. The first-order chi connectivity index (χ1) is 19.0. The van der Waals surface area contributed by atoms with E-state index in [4.69, 9.17) is 14.2 Å². The minimum absolute atomic E-state index is 0.142.